The molecule has 1 aliphatic heterocycles. The summed E-state index contributed by atoms with van der Waals surface area (Å²) in [6, 6.07) is 9.38. The first-order valence-corrected chi connectivity index (χ1v) is 11.2. The van der Waals surface area contributed by atoms with E-state index >= 15 is 0 Å². The molecule has 0 bridgehead atoms. The number of rotatable bonds is 7. The number of halogens is 3. The second kappa shape index (κ2) is 9.37. The molecule has 3 rings (SSSR count). The molecular formula is C21H23F3N2O4S. The topological polar surface area (TPSA) is 84.5 Å². The van der Waals surface area contributed by atoms with Gasteiger partial charge >= 0.3 is 6.18 Å². The highest BCUT2D eigenvalue weighted by Crippen LogP contribution is 2.30. The number of carbonyl (C=O) groups is 1. The summed E-state index contributed by atoms with van der Waals surface area (Å²) in [5.74, 6) is -0.527. The maximum atomic E-state index is 12.9. The summed E-state index contributed by atoms with van der Waals surface area (Å²) in [6.07, 6.45) is -2.92. The maximum absolute atomic E-state index is 12.9. The molecular weight excluding hydrogens is 433 g/mol. The SMILES string of the molecule is C[C@@H](NC(=O)c1ccc(S(=O)(=O)NC[C@H]2CCCO2)cc1)c1cccc(C(F)(F)F)c1. The summed E-state index contributed by atoms with van der Waals surface area (Å²) in [5.41, 5.74) is -0.297. The molecule has 6 nitrogen and oxygen atoms in total. The van der Waals surface area contributed by atoms with E-state index in [2.05, 4.69) is 10.0 Å². The Kier molecular flexibility index (Phi) is 7.03. The lowest BCUT2D eigenvalue weighted by atomic mass is 10.0. The van der Waals surface area contributed by atoms with Gasteiger partial charge in [-0.25, -0.2) is 13.1 Å². The van der Waals surface area contributed by atoms with Gasteiger partial charge in [-0.3, -0.25) is 4.79 Å². The van der Waals surface area contributed by atoms with E-state index in [4.69, 9.17) is 4.74 Å². The molecule has 0 saturated carbocycles. The number of ether oxygens (including phenoxy) is 1. The first kappa shape index (κ1) is 23.2. The van der Waals surface area contributed by atoms with Gasteiger partial charge in [-0.05, 0) is 61.7 Å². The second-order valence-electron chi connectivity index (χ2n) is 7.33. The van der Waals surface area contributed by atoms with E-state index in [1.54, 1.807) is 6.92 Å². The Hall–Kier alpha value is -2.43. The first-order chi connectivity index (χ1) is 14.6. The molecule has 1 amide bonds. The van der Waals surface area contributed by atoms with Crippen molar-refractivity contribution in [2.24, 2.45) is 0 Å². The van der Waals surface area contributed by atoms with Crippen molar-refractivity contribution in [1.29, 1.82) is 0 Å². The van der Waals surface area contributed by atoms with Crippen molar-refractivity contribution in [1.82, 2.24) is 10.0 Å². The molecule has 10 heteroatoms. The number of nitrogens with one attached hydrogen (secondary N) is 2. The molecule has 2 aromatic rings. The molecule has 1 fully saturated rings. The molecule has 2 atom stereocenters. The predicted octanol–water partition coefficient (Wildman–Crippen LogP) is 3.65. The molecule has 0 spiro atoms. The number of benzene rings is 2. The molecule has 1 aliphatic rings. The average Bonchev–Trinajstić information content (AvgIpc) is 3.26. The van der Waals surface area contributed by atoms with Crippen LogP contribution in [0.5, 0.6) is 0 Å². The maximum Gasteiger partial charge on any atom is 0.416 e. The zero-order chi connectivity index (χ0) is 22.6. The fourth-order valence-electron chi connectivity index (χ4n) is 3.22. The van der Waals surface area contributed by atoms with E-state index in [-0.39, 0.29) is 23.1 Å². The number of carbonyl (C=O) groups excluding carboxylic acids is 1. The van der Waals surface area contributed by atoms with Gasteiger partial charge in [-0.1, -0.05) is 12.1 Å². The Balaban J connectivity index is 1.63. The van der Waals surface area contributed by atoms with Crippen LogP contribution in [0, 0.1) is 0 Å². The van der Waals surface area contributed by atoms with E-state index in [1.165, 1.54) is 36.4 Å². The van der Waals surface area contributed by atoms with Crippen LogP contribution in [-0.2, 0) is 20.9 Å². The third-order valence-electron chi connectivity index (χ3n) is 5.01. The van der Waals surface area contributed by atoms with E-state index in [0.29, 0.717) is 12.2 Å². The van der Waals surface area contributed by atoms with Crippen LogP contribution >= 0.6 is 0 Å². The highest BCUT2D eigenvalue weighted by molar-refractivity contribution is 7.89. The smallest absolute Gasteiger partial charge is 0.377 e. The standard InChI is InChI=1S/C21H23F3N2O4S/c1-14(16-4-2-5-17(12-16)21(22,23)24)26-20(27)15-7-9-19(10-8-15)31(28,29)25-13-18-6-3-11-30-18/h2,4-5,7-10,12,14,18,25H,3,6,11,13H2,1H3,(H,26,27)/t14-,18-/m1/s1. The Morgan fingerprint density at radius 3 is 2.52 bits per heavy atom. The second-order valence-corrected chi connectivity index (χ2v) is 9.10. The Morgan fingerprint density at radius 2 is 1.90 bits per heavy atom. The van der Waals surface area contributed by atoms with E-state index in [9.17, 15) is 26.4 Å². The molecule has 0 unspecified atom stereocenters. The lowest BCUT2D eigenvalue weighted by Gasteiger charge is -2.16. The van der Waals surface area contributed by atoms with Crippen molar-refractivity contribution in [3.05, 3.63) is 65.2 Å². The minimum atomic E-state index is -4.47. The van der Waals surface area contributed by atoms with Gasteiger partial charge in [0.2, 0.25) is 10.0 Å². The Labute approximate surface area is 178 Å². The third-order valence-corrected chi connectivity index (χ3v) is 6.45. The van der Waals surface area contributed by atoms with E-state index < -0.39 is 33.7 Å². The van der Waals surface area contributed by atoms with Crippen LogP contribution in [0.1, 0.15) is 47.3 Å². The highest BCUT2D eigenvalue weighted by atomic mass is 32.2. The van der Waals surface area contributed by atoms with Gasteiger partial charge in [0.25, 0.3) is 5.91 Å². The molecule has 1 heterocycles. The lowest BCUT2D eigenvalue weighted by molar-refractivity contribution is -0.137. The predicted molar refractivity (Wildman–Crippen MR) is 108 cm³/mol. The van der Waals surface area contributed by atoms with Crippen LogP contribution in [0.25, 0.3) is 0 Å². The Bertz CT molecular complexity index is 1020. The van der Waals surface area contributed by atoms with Crippen LogP contribution < -0.4 is 10.0 Å². The molecule has 2 aromatic carbocycles. The fraction of sp³-hybridized carbons (Fsp3) is 0.381. The van der Waals surface area contributed by atoms with Gasteiger partial charge < -0.3 is 10.1 Å². The average molecular weight is 456 g/mol. The molecule has 1 saturated heterocycles. The van der Waals surface area contributed by atoms with Crippen LogP contribution in [0.2, 0.25) is 0 Å². The normalized spacial score (nSPS) is 18.0. The summed E-state index contributed by atoms with van der Waals surface area (Å²) in [5, 5.41) is 2.62. The summed E-state index contributed by atoms with van der Waals surface area (Å²) in [7, 11) is -3.74. The number of sulfonamides is 1. The molecule has 0 aliphatic carbocycles. The summed E-state index contributed by atoms with van der Waals surface area (Å²) < 4.78 is 71.3. The van der Waals surface area contributed by atoms with Crippen molar-refractivity contribution < 1.29 is 31.1 Å². The van der Waals surface area contributed by atoms with Crippen molar-refractivity contribution in [2.75, 3.05) is 13.2 Å². The van der Waals surface area contributed by atoms with Crippen molar-refractivity contribution in [2.45, 2.75) is 43.0 Å². The molecule has 2 N–H and O–H groups in total. The quantitative estimate of drug-likeness (QED) is 0.666. The largest absolute Gasteiger partial charge is 0.416 e. The zero-order valence-electron chi connectivity index (χ0n) is 16.8. The third kappa shape index (κ3) is 6.05. The van der Waals surface area contributed by atoms with Gasteiger partial charge in [0.05, 0.1) is 22.6 Å². The summed E-state index contributed by atoms with van der Waals surface area (Å²) in [6.45, 7) is 2.37. The molecule has 31 heavy (non-hydrogen) atoms. The van der Waals surface area contributed by atoms with Gasteiger partial charge in [0, 0.05) is 18.7 Å². The van der Waals surface area contributed by atoms with Crippen LogP contribution in [0.4, 0.5) is 13.2 Å². The van der Waals surface area contributed by atoms with Gasteiger partial charge in [-0.2, -0.15) is 13.2 Å². The Morgan fingerprint density at radius 1 is 1.19 bits per heavy atom. The van der Waals surface area contributed by atoms with Gasteiger partial charge in [0.1, 0.15) is 0 Å². The van der Waals surface area contributed by atoms with Gasteiger partial charge in [-0.15, -0.1) is 0 Å². The molecule has 0 aromatic heterocycles. The zero-order valence-corrected chi connectivity index (χ0v) is 17.6. The number of amides is 1. The minimum Gasteiger partial charge on any atom is -0.377 e. The van der Waals surface area contributed by atoms with E-state index in [1.807, 2.05) is 0 Å². The highest BCUT2D eigenvalue weighted by Gasteiger charge is 2.30. The van der Waals surface area contributed by atoms with Crippen LogP contribution in [-0.4, -0.2) is 33.6 Å². The monoisotopic (exact) mass is 456 g/mol. The van der Waals surface area contributed by atoms with Crippen molar-refractivity contribution >= 4 is 15.9 Å². The minimum absolute atomic E-state index is 0.00738. The van der Waals surface area contributed by atoms with Crippen molar-refractivity contribution in [3.8, 4) is 0 Å². The fourth-order valence-corrected chi connectivity index (χ4v) is 4.29. The van der Waals surface area contributed by atoms with Gasteiger partial charge in [0.15, 0.2) is 0 Å². The van der Waals surface area contributed by atoms with Crippen LogP contribution in [0.3, 0.4) is 0 Å². The lowest BCUT2D eigenvalue weighted by Crippen LogP contribution is -2.32. The van der Waals surface area contributed by atoms with Crippen LogP contribution in [0.15, 0.2) is 53.4 Å². The number of hydrogen-bond donors (Lipinski definition) is 2. The number of alkyl halides is 3. The summed E-state index contributed by atoms with van der Waals surface area (Å²) in [4.78, 5) is 12.5. The summed E-state index contributed by atoms with van der Waals surface area (Å²) >= 11 is 0. The van der Waals surface area contributed by atoms with Crippen molar-refractivity contribution in [3.63, 3.8) is 0 Å². The van der Waals surface area contributed by atoms with E-state index in [0.717, 1.165) is 25.0 Å². The molecule has 0 radical (unpaired) electrons. The first-order valence-electron chi connectivity index (χ1n) is 9.75. The molecule has 168 valence electrons. The number of hydrogen-bond acceptors (Lipinski definition) is 4.